The lowest BCUT2D eigenvalue weighted by molar-refractivity contribution is 0.0704. The summed E-state index contributed by atoms with van der Waals surface area (Å²) in [6.07, 6.45) is 3.40. The largest absolute Gasteiger partial charge is 0.340 e. The number of fused-ring (bicyclic) bond motifs is 6. The van der Waals surface area contributed by atoms with Gasteiger partial charge in [-0.05, 0) is 56.9 Å². The molecule has 3 aliphatic heterocycles. The average Bonchev–Trinajstić information content (AvgIpc) is 3.59. The molecule has 3 fully saturated rings. The summed E-state index contributed by atoms with van der Waals surface area (Å²) in [5.74, 6) is 1.70. The van der Waals surface area contributed by atoms with Crippen molar-refractivity contribution in [1.82, 2.24) is 29.5 Å². The predicted molar refractivity (Wildman–Crippen MR) is 147 cm³/mol. The van der Waals surface area contributed by atoms with Crippen LogP contribution in [-0.2, 0) is 0 Å². The molecule has 9 nitrogen and oxygen atoms in total. The van der Waals surface area contributed by atoms with Gasteiger partial charge in [0.1, 0.15) is 10.4 Å². The lowest BCUT2D eigenvalue weighted by atomic mass is 10.0. The summed E-state index contributed by atoms with van der Waals surface area (Å²) in [6.45, 7) is 5.82. The second kappa shape index (κ2) is 8.75. The molecule has 3 saturated heterocycles. The van der Waals surface area contributed by atoms with Gasteiger partial charge in [0.05, 0.1) is 15.6 Å². The lowest BCUT2D eigenvalue weighted by Gasteiger charge is -2.31. The first-order valence-electron chi connectivity index (χ1n) is 13.1. The van der Waals surface area contributed by atoms with Crippen LogP contribution in [-0.4, -0.2) is 89.5 Å². The number of anilines is 1. The molecule has 2 unspecified atom stereocenters. The summed E-state index contributed by atoms with van der Waals surface area (Å²) < 4.78 is 3.03. The number of nitrogens with one attached hydrogen (secondary N) is 1. The molecular formula is C27H31N7O2S. The highest BCUT2D eigenvalue weighted by Gasteiger charge is 2.39. The number of carbonyl (C=O) groups excluding carboxylic acids is 1. The molecular weight excluding hydrogens is 486 g/mol. The number of pyridine rings is 1. The predicted octanol–water partition coefficient (Wildman–Crippen LogP) is 2.28. The maximum atomic E-state index is 13.9. The molecule has 7 rings (SSSR count). The molecule has 6 heterocycles. The van der Waals surface area contributed by atoms with Crippen LogP contribution in [0.2, 0.25) is 0 Å². The molecule has 4 aromatic rings. The summed E-state index contributed by atoms with van der Waals surface area (Å²) in [6, 6.07) is 8.16. The molecule has 0 radical (unpaired) electrons. The van der Waals surface area contributed by atoms with Crippen LogP contribution in [0.5, 0.6) is 0 Å². The molecule has 3 aromatic heterocycles. The highest BCUT2D eigenvalue weighted by atomic mass is 32.1. The van der Waals surface area contributed by atoms with Gasteiger partial charge in [-0.2, -0.15) is 4.98 Å². The highest BCUT2D eigenvalue weighted by Crippen LogP contribution is 2.34. The number of carbonyl (C=O) groups is 1. The summed E-state index contributed by atoms with van der Waals surface area (Å²) >= 11 is 1.49. The Balaban J connectivity index is 1.39. The Labute approximate surface area is 218 Å². The molecule has 0 spiro atoms. The fourth-order valence-corrected chi connectivity index (χ4v) is 7.73. The van der Waals surface area contributed by atoms with Crippen LogP contribution in [0.1, 0.15) is 23.2 Å². The Bertz CT molecular complexity index is 1580. The van der Waals surface area contributed by atoms with Crippen molar-refractivity contribution < 1.29 is 4.79 Å². The molecule has 192 valence electrons. The van der Waals surface area contributed by atoms with E-state index in [9.17, 15) is 9.59 Å². The van der Waals surface area contributed by atoms with Crippen molar-refractivity contribution in [2.45, 2.75) is 18.9 Å². The number of aromatic nitrogens is 3. The van der Waals surface area contributed by atoms with Gasteiger partial charge in [-0.1, -0.05) is 12.1 Å². The van der Waals surface area contributed by atoms with Gasteiger partial charge in [-0.25, -0.2) is 4.98 Å². The minimum absolute atomic E-state index is 0.116. The van der Waals surface area contributed by atoms with Gasteiger partial charge in [0.15, 0.2) is 5.65 Å². The molecule has 1 amide bonds. The van der Waals surface area contributed by atoms with Crippen molar-refractivity contribution in [1.29, 1.82) is 0 Å². The second-order valence-electron chi connectivity index (χ2n) is 10.9. The summed E-state index contributed by atoms with van der Waals surface area (Å²) in [7, 11) is 4.01. The van der Waals surface area contributed by atoms with Crippen molar-refractivity contribution in [2.24, 2.45) is 11.8 Å². The van der Waals surface area contributed by atoms with E-state index in [1.165, 1.54) is 11.3 Å². The first kappa shape index (κ1) is 23.1. The standard InChI is InChI=1S/C27H31N7O2S/c1-31-12-16-14-33(15-17(16)13-31)27-29-11-19-23(35)22(25(36)32(2)18-7-9-28-10-8-18)26-34(24(19)30-27)20-5-3-4-6-21(20)37-26/h3-6,11,16-18,28H,7-10,12-15H2,1-2H3. The highest BCUT2D eigenvalue weighted by molar-refractivity contribution is 7.24. The number of likely N-dealkylation sites (tertiary alicyclic amines) is 1. The minimum Gasteiger partial charge on any atom is -0.340 e. The third kappa shape index (κ3) is 3.65. The zero-order valence-corrected chi connectivity index (χ0v) is 22.0. The number of hydrogen-bond acceptors (Lipinski definition) is 8. The third-order valence-electron chi connectivity index (χ3n) is 8.51. The van der Waals surface area contributed by atoms with E-state index in [1.807, 2.05) is 35.7 Å². The SMILES string of the molecule is CN1CC2CN(c3ncc4c(=O)c(C(=O)N(C)C5CCNCC5)c5sc6ccccc6n5c4n3)CC2C1. The van der Waals surface area contributed by atoms with Crippen LogP contribution in [0.25, 0.3) is 26.1 Å². The van der Waals surface area contributed by atoms with E-state index in [-0.39, 0.29) is 22.9 Å². The smallest absolute Gasteiger partial charge is 0.260 e. The zero-order valence-electron chi connectivity index (χ0n) is 21.2. The summed E-state index contributed by atoms with van der Waals surface area (Å²) in [5, 5.41) is 3.74. The van der Waals surface area contributed by atoms with Crippen LogP contribution in [0.15, 0.2) is 35.3 Å². The third-order valence-corrected chi connectivity index (χ3v) is 9.66. The van der Waals surface area contributed by atoms with Crippen molar-refractivity contribution in [3.05, 3.63) is 46.2 Å². The Morgan fingerprint density at radius 2 is 1.84 bits per heavy atom. The molecule has 1 N–H and O–H groups in total. The zero-order chi connectivity index (χ0) is 25.3. The van der Waals surface area contributed by atoms with Gasteiger partial charge in [-0.3, -0.25) is 14.0 Å². The number of piperidine rings is 1. The van der Waals surface area contributed by atoms with Gasteiger partial charge in [-0.15, -0.1) is 11.3 Å². The Kier molecular flexibility index (Phi) is 5.45. The first-order valence-corrected chi connectivity index (χ1v) is 14.0. The van der Waals surface area contributed by atoms with Crippen LogP contribution in [0, 0.1) is 11.8 Å². The Morgan fingerprint density at radius 3 is 2.59 bits per heavy atom. The summed E-state index contributed by atoms with van der Waals surface area (Å²) in [5.41, 5.74) is 1.48. The van der Waals surface area contributed by atoms with E-state index in [1.54, 1.807) is 11.1 Å². The fraction of sp³-hybridized carbons (Fsp3) is 0.481. The number of benzene rings is 1. The van der Waals surface area contributed by atoms with Gasteiger partial charge in [0.2, 0.25) is 11.4 Å². The molecule has 0 aliphatic carbocycles. The maximum absolute atomic E-state index is 13.9. The minimum atomic E-state index is -0.279. The van der Waals surface area contributed by atoms with Gasteiger partial charge >= 0.3 is 0 Å². The van der Waals surface area contributed by atoms with Gasteiger partial charge in [0, 0.05) is 45.5 Å². The lowest BCUT2D eigenvalue weighted by Crippen LogP contribution is -2.45. The van der Waals surface area contributed by atoms with Gasteiger partial charge in [0.25, 0.3) is 5.91 Å². The fourth-order valence-electron chi connectivity index (χ4n) is 6.55. The molecule has 1 aromatic carbocycles. The Morgan fingerprint density at radius 1 is 1.11 bits per heavy atom. The topological polar surface area (TPSA) is 86.1 Å². The second-order valence-corrected chi connectivity index (χ2v) is 11.9. The van der Waals surface area contributed by atoms with Crippen LogP contribution >= 0.6 is 11.3 Å². The number of amides is 1. The van der Waals surface area contributed by atoms with E-state index in [4.69, 9.17) is 4.98 Å². The average molecular weight is 518 g/mol. The Hall–Kier alpha value is -3.08. The molecule has 2 atom stereocenters. The van der Waals surface area contributed by atoms with Crippen molar-refractivity contribution >= 4 is 49.3 Å². The summed E-state index contributed by atoms with van der Waals surface area (Å²) in [4.78, 5) is 44.5. The van der Waals surface area contributed by atoms with Crippen molar-refractivity contribution in [3.63, 3.8) is 0 Å². The first-order chi connectivity index (χ1) is 18.0. The van der Waals surface area contributed by atoms with Gasteiger partial charge < -0.3 is 20.0 Å². The number of nitrogens with zero attached hydrogens (tertiary/aromatic N) is 6. The number of hydrogen-bond donors (Lipinski definition) is 1. The van der Waals surface area contributed by atoms with E-state index in [0.29, 0.717) is 33.6 Å². The molecule has 37 heavy (non-hydrogen) atoms. The van der Waals surface area contributed by atoms with E-state index < -0.39 is 0 Å². The van der Waals surface area contributed by atoms with E-state index in [0.717, 1.165) is 62.3 Å². The monoisotopic (exact) mass is 517 g/mol. The molecule has 3 aliphatic rings. The number of para-hydroxylation sites is 1. The molecule has 0 saturated carbocycles. The van der Waals surface area contributed by atoms with E-state index in [2.05, 4.69) is 27.1 Å². The van der Waals surface area contributed by atoms with E-state index >= 15 is 0 Å². The van der Waals surface area contributed by atoms with Crippen LogP contribution in [0.3, 0.4) is 0 Å². The van der Waals surface area contributed by atoms with Crippen LogP contribution in [0.4, 0.5) is 5.95 Å². The maximum Gasteiger partial charge on any atom is 0.260 e. The van der Waals surface area contributed by atoms with Crippen LogP contribution < -0.4 is 15.6 Å². The van der Waals surface area contributed by atoms with Crippen molar-refractivity contribution in [3.8, 4) is 0 Å². The molecule has 10 heteroatoms. The molecule has 0 bridgehead atoms. The normalized spacial score (nSPS) is 22.9. The van der Waals surface area contributed by atoms with Crippen molar-refractivity contribution in [2.75, 3.05) is 58.3 Å². The number of thiazole rings is 1. The quantitative estimate of drug-likeness (QED) is 0.446. The number of rotatable bonds is 3.